The van der Waals surface area contributed by atoms with Gasteiger partial charge in [-0.15, -0.1) is 0 Å². The highest BCUT2D eigenvalue weighted by molar-refractivity contribution is 5.47. The van der Waals surface area contributed by atoms with Crippen LogP contribution in [0.3, 0.4) is 0 Å². The third-order valence-electron chi connectivity index (χ3n) is 2.68. The van der Waals surface area contributed by atoms with Gasteiger partial charge in [0.1, 0.15) is 5.82 Å². The Morgan fingerprint density at radius 2 is 2.06 bits per heavy atom. The Balaban J connectivity index is 2.18. The van der Waals surface area contributed by atoms with Gasteiger partial charge in [-0.3, -0.25) is 4.98 Å². The Morgan fingerprint density at radius 1 is 1.22 bits per heavy atom. The molecule has 5 nitrogen and oxygen atoms in total. The number of aryl methyl sites for hydroxylation is 1. The SMILES string of the molecule is CNc1ncc(C)c(NC(C)c2ccccn2)n1. The van der Waals surface area contributed by atoms with E-state index < -0.39 is 0 Å². The van der Waals surface area contributed by atoms with Crippen molar-refractivity contribution >= 4 is 11.8 Å². The highest BCUT2D eigenvalue weighted by atomic mass is 15.1. The van der Waals surface area contributed by atoms with Crippen LogP contribution in [0.5, 0.6) is 0 Å². The molecule has 0 spiro atoms. The molecular formula is C13H17N5. The molecule has 5 heteroatoms. The van der Waals surface area contributed by atoms with Crippen molar-refractivity contribution in [3.05, 3.63) is 41.9 Å². The third-order valence-corrected chi connectivity index (χ3v) is 2.68. The highest BCUT2D eigenvalue weighted by Gasteiger charge is 2.09. The Bertz CT molecular complexity index is 512. The minimum atomic E-state index is 0.101. The lowest BCUT2D eigenvalue weighted by molar-refractivity contribution is 0.828. The van der Waals surface area contributed by atoms with Gasteiger partial charge in [0.15, 0.2) is 0 Å². The molecule has 0 radical (unpaired) electrons. The number of nitrogens with zero attached hydrogens (tertiary/aromatic N) is 3. The average Bonchev–Trinajstić information content (AvgIpc) is 2.42. The van der Waals surface area contributed by atoms with Crippen molar-refractivity contribution in [2.75, 3.05) is 17.7 Å². The number of pyridine rings is 1. The average molecular weight is 243 g/mol. The van der Waals surface area contributed by atoms with E-state index in [0.29, 0.717) is 5.95 Å². The van der Waals surface area contributed by atoms with Crippen LogP contribution in [0.25, 0.3) is 0 Å². The Hall–Kier alpha value is -2.17. The maximum Gasteiger partial charge on any atom is 0.224 e. The number of hydrogen-bond acceptors (Lipinski definition) is 5. The first-order valence-electron chi connectivity index (χ1n) is 5.89. The number of hydrogen-bond donors (Lipinski definition) is 2. The molecule has 1 atom stereocenters. The molecule has 2 rings (SSSR count). The molecule has 0 bridgehead atoms. The van der Waals surface area contributed by atoms with Crippen LogP contribution >= 0.6 is 0 Å². The van der Waals surface area contributed by atoms with Crippen molar-refractivity contribution in [2.24, 2.45) is 0 Å². The summed E-state index contributed by atoms with van der Waals surface area (Å²) in [4.78, 5) is 12.9. The smallest absolute Gasteiger partial charge is 0.224 e. The van der Waals surface area contributed by atoms with Gasteiger partial charge in [0.25, 0.3) is 0 Å². The summed E-state index contributed by atoms with van der Waals surface area (Å²) in [5.74, 6) is 1.43. The van der Waals surface area contributed by atoms with Gasteiger partial charge in [0.2, 0.25) is 5.95 Å². The van der Waals surface area contributed by atoms with Crippen LogP contribution in [-0.4, -0.2) is 22.0 Å². The zero-order chi connectivity index (χ0) is 13.0. The van der Waals surface area contributed by atoms with Gasteiger partial charge >= 0.3 is 0 Å². The Kier molecular flexibility index (Phi) is 3.72. The highest BCUT2D eigenvalue weighted by Crippen LogP contribution is 2.19. The van der Waals surface area contributed by atoms with Crippen LogP contribution in [-0.2, 0) is 0 Å². The van der Waals surface area contributed by atoms with Crippen molar-refractivity contribution in [2.45, 2.75) is 19.9 Å². The van der Waals surface area contributed by atoms with Crippen LogP contribution < -0.4 is 10.6 Å². The van der Waals surface area contributed by atoms with Crippen molar-refractivity contribution in [3.8, 4) is 0 Å². The van der Waals surface area contributed by atoms with Gasteiger partial charge in [-0.05, 0) is 26.0 Å². The van der Waals surface area contributed by atoms with Gasteiger partial charge in [-0.25, -0.2) is 4.98 Å². The summed E-state index contributed by atoms with van der Waals surface area (Å²) in [7, 11) is 1.80. The zero-order valence-corrected chi connectivity index (χ0v) is 10.8. The fourth-order valence-electron chi connectivity index (χ4n) is 1.62. The Labute approximate surface area is 107 Å². The summed E-state index contributed by atoms with van der Waals surface area (Å²) in [6.07, 6.45) is 3.59. The van der Waals surface area contributed by atoms with Crippen molar-refractivity contribution in [1.82, 2.24) is 15.0 Å². The first-order chi connectivity index (χ1) is 8.70. The Morgan fingerprint density at radius 3 is 2.72 bits per heavy atom. The lowest BCUT2D eigenvalue weighted by atomic mass is 10.2. The molecule has 0 aliphatic carbocycles. The molecule has 0 aromatic carbocycles. The van der Waals surface area contributed by atoms with E-state index in [1.807, 2.05) is 25.1 Å². The van der Waals surface area contributed by atoms with E-state index >= 15 is 0 Å². The normalized spacial score (nSPS) is 11.9. The largest absolute Gasteiger partial charge is 0.362 e. The van der Waals surface area contributed by atoms with Crippen molar-refractivity contribution in [1.29, 1.82) is 0 Å². The van der Waals surface area contributed by atoms with Gasteiger partial charge in [-0.1, -0.05) is 6.07 Å². The fourth-order valence-corrected chi connectivity index (χ4v) is 1.62. The quantitative estimate of drug-likeness (QED) is 0.863. The molecule has 0 saturated carbocycles. The molecule has 18 heavy (non-hydrogen) atoms. The van der Waals surface area contributed by atoms with Crippen molar-refractivity contribution in [3.63, 3.8) is 0 Å². The standard InChI is InChI=1S/C13H17N5/c1-9-8-16-13(14-3)18-12(9)17-10(2)11-6-4-5-7-15-11/h4-8,10H,1-3H3,(H2,14,16,17,18). The first-order valence-corrected chi connectivity index (χ1v) is 5.89. The van der Waals surface area contributed by atoms with E-state index in [9.17, 15) is 0 Å². The molecular weight excluding hydrogens is 226 g/mol. The van der Waals surface area contributed by atoms with E-state index in [-0.39, 0.29) is 6.04 Å². The number of nitrogens with one attached hydrogen (secondary N) is 2. The van der Waals surface area contributed by atoms with Gasteiger partial charge in [0.05, 0.1) is 11.7 Å². The molecule has 1 unspecified atom stereocenters. The second-order valence-electron chi connectivity index (χ2n) is 4.10. The maximum absolute atomic E-state index is 4.40. The van der Waals surface area contributed by atoms with Crippen LogP contribution in [0.2, 0.25) is 0 Å². The predicted molar refractivity (Wildman–Crippen MR) is 72.6 cm³/mol. The summed E-state index contributed by atoms with van der Waals surface area (Å²) >= 11 is 0. The monoisotopic (exact) mass is 243 g/mol. The lowest BCUT2D eigenvalue weighted by Gasteiger charge is -2.15. The van der Waals surface area contributed by atoms with E-state index in [1.54, 1.807) is 19.4 Å². The molecule has 0 amide bonds. The predicted octanol–water partition coefficient (Wildman–Crippen LogP) is 2.39. The molecule has 0 aliphatic heterocycles. The summed E-state index contributed by atoms with van der Waals surface area (Å²) < 4.78 is 0. The van der Waals surface area contributed by atoms with Crippen molar-refractivity contribution < 1.29 is 0 Å². The van der Waals surface area contributed by atoms with Crippen LogP contribution in [0.4, 0.5) is 11.8 Å². The summed E-state index contributed by atoms with van der Waals surface area (Å²) in [5, 5.41) is 6.28. The minimum Gasteiger partial charge on any atom is -0.362 e. The fraction of sp³-hybridized carbons (Fsp3) is 0.308. The minimum absolute atomic E-state index is 0.101. The molecule has 2 aromatic rings. The van der Waals surface area contributed by atoms with E-state index in [2.05, 4.69) is 32.5 Å². The number of anilines is 2. The number of rotatable bonds is 4. The maximum atomic E-state index is 4.40. The zero-order valence-electron chi connectivity index (χ0n) is 10.8. The molecule has 0 aliphatic rings. The van der Waals surface area contributed by atoms with Crippen LogP contribution in [0.1, 0.15) is 24.2 Å². The van der Waals surface area contributed by atoms with Gasteiger partial charge in [0, 0.05) is 25.0 Å². The summed E-state index contributed by atoms with van der Waals surface area (Å²) in [6, 6.07) is 5.98. The molecule has 94 valence electrons. The van der Waals surface area contributed by atoms with E-state index in [4.69, 9.17) is 0 Å². The van der Waals surface area contributed by atoms with Gasteiger partial charge in [-0.2, -0.15) is 4.98 Å². The molecule has 0 fully saturated rings. The molecule has 2 N–H and O–H groups in total. The third kappa shape index (κ3) is 2.74. The lowest BCUT2D eigenvalue weighted by Crippen LogP contribution is -2.11. The summed E-state index contributed by atoms with van der Waals surface area (Å²) in [5.41, 5.74) is 2.00. The second kappa shape index (κ2) is 5.44. The summed E-state index contributed by atoms with van der Waals surface area (Å²) in [6.45, 7) is 4.04. The topological polar surface area (TPSA) is 62.7 Å². The van der Waals surface area contributed by atoms with Gasteiger partial charge < -0.3 is 10.6 Å². The van der Waals surface area contributed by atoms with Crippen LogP contribution in [0, 0.1) is 6.92 Å². The second-order valence-corrected chi connectivity index (χ2v) is 4.10. The molecule has 2 aromatic heterocycles. The molecule has 0 saturated heterocycles. The van der Waals surface area contributed by atoms with E-state index in [1.165, 1.54) is 0 Å². The first kappa shape index (κ1) is 12.3. The van der Waals surface area contributed by atoms with E-state index in [0.717, 1.165) is 17.1 Å². The molecule has 2 heterocycles. The number of aromatic nitrogens is 3. The van der Waals surface area contributed by atoms with Crippen LogP contribution in [0.15, 0.2) is 30.6 Å².